The summed E-state index contributed by atoms with van der Waals surface area (Å²) in [5, 5.41) is 12.3. The number of rotatable bonds is 1. The number of hydrogen-bond donors (Lipinski definition) is 3. The fourth-order valence-corrected chi connectivity index (χ4v) is 2.38. The van der Waals surface area contributed by atoms with Crippen LogP contribution in [0.3, 0.4) is 0 Å². The molecule has 16 heavy (non-hydrogen) atoms. The zero-order valence-electron chi connectivity index (χ0n) is 8.79. The lowest BCUT2D eigenvalue weighted by atomic mass is 10.0. The van der Waals surface area contributed by atoms with Crippen molar-refractivity contribution in [2.75, 3.05) is 6.54 Å². The number of fused-ring (bicyclic) bond motifs is 3. The normalized spacial score (nSPS) is 15.0. The lowest BCUT2D eigenvalue weighted by Crippen LogP contribution is -2.84. The van der Waals surface area contributed by atoms with Crippen molar-refractivity contribution < 1.29 is 15.2 Å². The molecule has 4 heteroatoms. The number of hydrogen-bond acceptors (Lipinski definition) is 1. The molecule has 4 N–H and O–H groups in total. The molecule has 2 aromatic rings. The highest BCUT2D eigenvalue weighted by atomic mass is 16.4. The van der Waals surface area contributed by atoms with Crippen molar-refractivity contribution in [1.29, 1.82) is 0 Å². The number of H-pyrrole nitrogens is 1. The molecule has 0 aliphatic carbocycles. The fourth-order valence-electron chi connectivity index (χ4n) is 2.38. The topological polar surface area (TPSA) is 69.7 Å². The molecular weight excluding hydrogens is 204 g/mol. The molecule has 1 aromatic carbocycles. The molecule has 2 heterocycles. The van der Waals surface area contributed by atoms with Gasteiger partial charge in [0.05, 0.1) is 12.1 Å². The summed E-state index contributed by atoms with van der Waals surface area (Å²) >= 11 is 0. The van der Waals surface area contributed by atoms with Gasteiger partial charge in [-0.3, -0.25) is 0 Å². The van der Waals surface area contributed by atoms with Crippen LogP contribution >= 0.6 is 0 Å². The summed E-state index contributed by atoms with van der Waals surface area (Å²) in [5.74, 6) is -0.864. The van der Waals surface area contributed by atoms with Crippen LogP contribution in [0.25, 0.3) is 10.9 Å². The second-order valence-electron chi connectivity index (χ2n) is 4.18. The van der Waals surface area contributed by atoms with Crippen LogP contribution < -0.4 is 5.32 Å². The molecule has 0 bridgehead atoms. The van der Waals surface area contributed by atoms with Crippen molar-refractivity contribution in [2.45, 2.75) is 13.0 Å². The molecule has 0 radical (unpaired) electrons. The number of aromatic carboxylic acids is 1. The first-order valence-corrected chi connectivity index (χ1v) is 5.44. The van der Waals surface area contributed by atoms with E-state index in [0.29, 0.717) is 5.56 Å². The molecule has 82 valence electrons. The van der Waals surface area contributed by atoms with E-state index in [1.54, 1.807) is 12.1 Å². The Morgan fingerprint density at radius 3 is 3.12 bits per heavy atom. The first-order chi connectivity index (χ1) is 7.75. The number of quaternary nitrogens is 1. The van der Waals surface area contributed by atoms with Crippen LogP contribution in [0.1, 0.15) is 21.6 Å². The average molecular weight is 217 g/mol. The van der Waals surface area contributed by atoms with E-state index < -0.39 is 5.97 Å². The minimum atomic E-state index is -0.864. The zero-order valence-corrected chi connectivity index (χ0v) is 8.79. The van der Waals surface area contributed by atoms with Gasteiger partial charge in [0.25, 0.3) is 0 Å². The van der Waals surface area contributed by atoms with E-state index in [0.717, 1.165) is 30.4 Å². The van der Waals surface area contributed by atoms with E-state index >= 15 is 0 Å². The van der Waals surface area contributed by atoms with Gasteiger partial charge in [0.1, 0.15) is 6.54 Å². The molecule has 0 saturated carbocycles. The number of nitrogens with two attached hydrogens (primary N) is 1. The molecule has 0 unspecified atom stereocenters. The molecule has 0 amide bonds. The standard InChI is InChI=1S/C12H12N2O2/c15-12(16)7-1-2-10-8(5-7)9-6-13-4-3-11(9)14-10/h1-2,5,13-14H,3-4,6H2,(H,15,16)/p+1. The second-order valence-corrected chi connectivity index (χ2v) is 4.18. The van der Waals surface area contributed by atoms with Crippen molar-refractivity contribution in [3.8, 4) is 0 Å². The van der Waals surface area contributed by atoms with Gasteiger partial charge >= 0.3 is 5.97 Å². The maximum absolute atomic E-state index is 10.9. The third-order valence-electron chi connectivity index (χ3n) is 3.19. The van der Waals surface area contributed by atoms with Crippen molar-refractivity contribution in [3.05, 3.63) is 35.0 Å². The first-order valence-electron chi connectivity index (χ1n) is 5.44. The quantitative estimate of drug-likeness (QED) is 0.650. The molecule has 0 atom stereocenters. The Balaban J connectivity index is 2.25. The number of aromatic amines is 1. The largest absolute Gasteiger partial charge is 0.478 e. The number of carbonyl (C=O) groups is 1. The summed E-state index contributed by atoms with van der Waals surface area (Å²) in [5.41, 5.74) is 3.94. The van der Waals surface area contributed by atoms with E-state index in [1.807, 2.05) is 6.07 Å². The highest BCUT2D eigenvalue weighted by molar-refractivity contribution is 5.95. The molecule has 0 fully saturated rings. The van der Waals surface area contributed by atoms with Crippen LogP contribution in [0.5, 0.6) is 0 Å². The van der Waals surface area contributed by atoms with Crippen LogP contribution in [0.4, 0.5) is 0 Å². The van der Waals surface area contributed by atoms with E-state index in [4.69, 9.17) is 5.11 Å². The molecule has 1 aliphatic rings. The number of carboxylic acid groups (broad SMARTS) is 1. The minimum Gasteiger partial charge on any atom is -0.478 e. The second kappa shape index (κ2) is 3.35. The van der Waals surface area contributed by atoms with Crippen LogP contribution in [0.2, 0.25) is 0 Å². The van der Waals surface area contributed by atoms with Gasteiger partial charge in [0.15, 0.2) is 0 Å². The number of aromatic nitrogens is 1. The summed E-state index contributed by atoms with van der Waals surface area (Å²) in [6.45, 7) is 2.05. The number of nitrogens with one attached hydrogen (secondary N) is 1. The smallest absolute Gasteiger partial charge is 0.335 e. The first kappa shape index (κ1) is 9.42. The van der Waals surface area contributed by atoms with Crippen molar-refractivity contribution in [2.24, 2.45) is 0 Å². The Morgan fingerprint density at radius 1 is 1.44 bits per heavy atom. The van der Waals surface area contributed by atoms with E-state index in [9.17, 15) is 4.79 Å². The summed E-state index contributed by atoms with van der Waals surface area (Å²) in [6, 6.07) is 5.28. The van der Waals surface area contributed by atoms with Crippen LogP contribution in [-0.2, 0) is 13.0 Å². The summed E-state index contributed by atoms with van der Waals surface area (Å²) < 4.78 is 0. The van der Waals surface area contributed by atoms with Gasteiger partial charge in [0, 0.05) is 28.6 Å². The molecule has 3 rings (SSSR count). The van der Waals surface area contributed by atoms with Gasteiger partial charge in [-0.15, -0.1) is 0 Å². The third kappa shape index (κ3) is 1.31. The lowest BCUT2D eigenvalue weighted by Gasteiger charge is -2.09. The maximum atomic E-state index is 10.9. The van der Waals surface area contributed by atoms with Crippen LogP contribution in [0.15, 0.2) is 18.2 Å². The molecular formula is C12H13N2O2+. The SMILES string of the molecule is O=C(O)c1ccc2[nH]c3c(c2c1)C[NH2+]CC3. The summed E-state index contributed by atoms with van der Waals surface area (Å²) in [4.78, 5) is 14.3. The Kier molecular flexibility index (Phi) is 1.97. The zero-order chi connectivity index (χ0) is 11.1. The average Bonchev–Trinajstić information content (AvgIpc) is 2.66. The van der Waals surface area contributed by atoms with E-state index in [2.05, 4.69) is 10.3 Å². The summed E-state index contributed by atoms with van der Waals surface area (Å²) in [6.07, 6.45) is 1.03. The Hall–Kier alpha value is -1.81. The van der Waals surface area contributed by atoms with Crippen molar-refractivity contribution in [3.63, 3.8) is 0 Å². The van der Waals surface area contributed by atoms with Gasteiger partial charge in [-0.1, -0.05) is 0 Å². The number of benzene rings is 1. The van der Waals surface area contributed by atoms with Crippen molar-refractivity contribution in [1.82, 2.24) is 4.98 Å². The van der Waals surface area contributed by atoms with Gasteiger partial charge < -0.3 is 15.4 Å². The van der Waals surface area contributed by atoms with Crippen LogP contribution in [-0.4, -0.2) is 22.6 Å². The lowest BCUT2D eigenvalue weighted by molar-refractivity contribution is -0.673. The third-order valence-corrected chi connectivity index (χ3v) is 3.19. The molecule has 4 nitrogen and oxygen atoms in total. The Morgan fingerprint density at radius 2 is 2.31 bits per heavy atom. The van der Waals surface area contributed by atoms with Gasteiger partial charge in [0.2, 0.25) is 0 Å². The predicted molar refractivity (Wildman–Crippen MR) is 59.5 cm³/mol. The highest BCUT2D eigenvalue weighted by Gasteiger charge is 2.18. The predicted octanol–water partition coefficient (Wildman–Crippen LogP) is 0.486. The molecule has 1 aromatic heterocycles. The monoisotopic (exact) mass is 217 g/mol. The van der Waals surface area contributed by atoms with Gasteiger partial charge in [-0.25, -0.2) is 4.79 Å². The fraction of sp³-hybridized carbons (Fsp3) is 0.250. The molecule has 0 saturated heterocycles. The van der Waals surface area contributed by atoms with Gasteiger partial charge in [-0.2, -0.15) is 0 Å². The summed E-state index contributed by atoms with van der Waals surface area (Å²) in [7, 11) is 0. The number of carboxylic acids is 1. The minimum absolute atomic E-state index is 0.361. The van der Waals surface area contributed by atoms with E-state index in [1.165, 1.54) is 11.3 Å². The van der Waals surface area contributed by atoms with E-state index in [-0.39, 0.29) is 0 Å². The molecule has 1 aliphatic heterocycles. The van der Waals surface area contributed by atoms with Crippen molar-refractivity contribution >= 4 is 16.9 Å². The Labute approximate surface area is 92.3 Å². The highest BCUT2D eigenvalue weighted by Crippen LogP contribution is 2.24. The van der Waals surface area contributed by atoms with Gasteiger partial charge in [-0.05, 0) is 18.2 Å². The van der Waals surface area contributed by atoms with Crippen LogP contribution in [0, 0.1) is 0 Å². The molecule has 0 spiro atoms. The Bertz CT molecular complexity index is 572. The maximum Gasteiger partial charge on any atom is 0.335 e.